The summed E-state index contributed by atoms with van der Waals surface area (Å²) in [5, 5.41) is 11.6. The Kier molecular flexibility index (Phi) is 8.10. The molecule has 0 radical (unpaired) electrons. The molecule has 1 aliphatic carbocycles. The van der Waals surface area contributed by atoms with E-state index in [2.05, 4.69) is 20.6 Å². The molecule has 1 aromatic heterocycles. The summed E-state index contributed by atoms with van der Waals surface area (Å²) in [5.41, 5.74) is 5.51. The molecular weight excluding hydrogens is 512 g/mol. The number of fused-ring (bicyclic) bond motifs is 2. The van der Waals surface area contributed by atoms with Gasteiger partial charge in [-0.3, -0.25) is 14.3 Å². The van der Waals surface area contributed by atoms with Gasteiger partial charge in [0, 0.05) is 43.7 Å². The molecule has 216 valence electrons. The van der Waals surface area contributed by atoms with E-state index >= 15 is 0 Å². The van der Waals surface area contributed by atoms with Crippen LogP contribution in [0.25, 0.3) is 0 Å². The third-order valence-corrected chi connectivity index (χ3v) is 9.25. The smallest absolute Gasteiger partial charge is 0.258 e. The van der Waals surface area contributed by atoms with Gasteiger partial charge in [-0.1, -0.05) is 31.0 Å². The molecule has 1 saturated carbocycles. The normalized spacial score (nSPS) is 17.6. The predicted octanol–water partition coefficient (Wildman–Crippen LogP) is 5.34. The van der Waals surface area contributed by atoms with Crippen molar-refractivity contribution in [3.05, 3.63) is 70.9 Å². The minimum Gasteiger partial charge on any atom is -0.343 e. The summed E-state index contributed by atoms with van der Waals surface area (Å²) in [6.07, 6.45) is 10.6. The van der Waals surface area contributed by atoms with E-state index in [1.165, 1.54) is 25.7 Å². The molecule has 2 aromatic carbocycles. The highest BCUT2D eigenvalue weighted by molar-refractivity contribution is 6.08. The zero-order chi connectivity index (χ0) is 28.3. The Morgan fingerprint density at radius 3 is 2.61 bits per heavy atom. The average molecular weight is 555 g/mol. The highest BCUT2D eigenvalue weighted by Gasteiger charge is 2.27. The second-order valence-corrected chi connectivity index (χ2v) is 12.0. The predicted molar refractivity (Wildman–Crippen MR) is 163 cm³/mol. The first-order chi connectivity index (χ1) is 20.0. The van der Waals surface area contributed by atoms with Gasteiger partial charge < -0.3 is 20.4 Å². The Hall–Kier alpha value is -3.65. The first-order valence-corrected chi connectivity index (χ1v) is 15.3. The molecule has 6 rings (SSSR count). The second-order valence-electron chi connectivity index (χ2n) is 12.0. The summed E-state index contributed by atoms with van der Waals surface area (Å²) in [5.74, 6) is 1.78. The number of hydrogen-bond donors (Lipinski definition) is 2. The summed E-state index contributed by atoms with van der Waals surface area (Å²) in [4.78, 5) is 30.7. The number of nitrogens with one attached hydrogen (secondary N) is 2. The molecule has 2 fully saturated rings. The first kappa shape index (κ1) is 27.5. The minimum atomic E-state index is -0.0491. The Morgan fingerprint density at radius 2 is 1.83 bits per heavy atom. The lowest BCUT2D eigenvalue weighted by atomic mass is 9.95. The number of amides is 2. The highest BCUT2D eigenvalue weighted by Crippen LogP contribution is 2.36. The molecule has 1 saturated heterocycles. The van der Waals surface area contributed by atoms with E-state index in [0.29, 0.717) is 36.9 Å². The lowest BCUT2D eigenvalue weighted by Gasteiger charge is -2.33. The number of benzene rings is 2. The lowest BCUT2D eigenvalue weighted by molar-refractivity contribution is -0.132. The van der Waals surface area contributed by atoms with Crippen LogP contribution in [0.1, 0.15) is 72.0 Å². The molecule has 2 aliphatic heterocycles. The number of carbonyl (C=O) groups is 2. The molecule has 0 atom stereocenters. The lowest BCUT2D eigenvalue weighted by Crippen LogP contribution is -2.42. The van der Waals surface area contributed by atoms with Gasteiger partial charge in [0.1, 0.15) is 5.82 Å². The van der Waals surface area contributed by atoms with Crippen LogP contribution in [0.3, 0.4) is 0 Å². The number of rotatable bonds is 7. The number of para-hydroxylation sites is 2. The zero-order valence-electron chi connectivity index (χ0n) is 24.4. The molecule has 0 spiro atoms. The van der Waals surface area contributed by atoms with Crippen molar-refractivity contribution in [2.45, 2.75) is 70.9 Å². The first-order valence-electron chi connectivity index (χ1n) is 15.3. The minimum absolute atomic E-state index is 0.0491. The van der Waals surface area contributed by atoms with Crippen LogP contribution in [0, 0.1) is 12.8 Å². The number of nitrogens with zero attached hydrogens (tertiary/aromatic N) is 4. The maximum absolute atomic E-state index is 13.8. The van der Waals surface area contributed by atoms with Crippen LogP contribution in [0.5, 0.6) is 0 Å². The van der Waals surface area contributed by atoms with Crippen molar-refractivity contribution >= 4 is 29.0 Å². The number of carbonyl (C=O) groups excluding carboxylic acids is 2. The Labute approximate surface area is 243 Å². The van der Waals surface area contributed by atoms with Crippen molar-refractivity contribution in [2.24, 2.45) is 13.0 Å². The van der Waals surface area contributed by atoms with Gasteiger partial charge >= 0.3 is 0 Å². The van der Waals surface area contributed by atoms with Crippen molar-refractivity contribution in [3.63, 3.8) is 0 Å². The molecule has 2 N–H and O–H groups in total. The fourth-order valence-electron chi connectivity index (χ4n) is 6.65. The van der Waals surface area contributed by atoms with Crippen LogP contribution in [-0.2, 0) is 24.8 Å². The molecule has 8 nitrogen and oxygen atoms in total. The maximum atomic E-state index is 13.8. The molecule has 3 aliphatic rings. The monoisotopic (exact) mass is 554 g/mol. The fourth-order valence-corrected chi connectivity index (χ4v) is 6.65. The van der Waals surface area contributed by atoms with Crippen molar-refractivity contribution < 1.29 is 9.59 Å². The van der Waals surface area contributed by atoms with Gasteiger partial charge in [-0.15, -0.1) is 0 Å². The van der Waals surface area contributed by atoms with Crippen LogP contribution in [0.2, 0.25) is 0 Å². The molecule has 3 heterocycles. The van der Waals surface area contributed by atoms with Crippen LogP contribution in [0.15, 0.2) is 48.7 Å². The molecule has 8 heteroatoms. The van der Waals surface area contributed by atoms with Crippen molar-refractivity contribution in [3.8, 4) is 0 Å². The van der Waals surface area contributed by atoms with Gasteiger partial charge in [0.15, 0.2) is 0 Å². The SMILES string of the molecule is Cc1cc(C(=O)N2Cc3cnn(C)c3Nc3ccccc32)ccc1CCC(=O)N1CCC(CNC2CCCC2)CC1. The molecule has 2 amide bonds. The number of anilines is 3. The van der Waals surface area contributed by atoms with E-state index in [0.717, 1.165) is 66.4 Å². The molecule has 3 aromatic rings. The van der Waals surface area contributed by atoms with Crippen LogP contribution < -0.4 is 15.5 Å². The fraction of sp³-hybridized carbons (Fsp3) is 0.485. The third kappa shape index (κ3) is 6.03. The number of likely N-dealkylation sites (tertiary alicyclic amines) is 1. The molecular formula is C33H42N6O2. The number of aryl methyl sites for hydroxylation is 3. The molecule has 0 unspecified atom stereocenters. The van der Waals surface area contributed by atoms with Gasteiger partial charge in [-0.25, -0.2) is 0 Å². The second kappa shape index (κ2) is 12.1. The molecule has 0 bridgehead atoms. The Bertz CT molecular complexity index is 1400. The van der Waals surface area contributed by atoms with E-state index in [-0.39, 0.29) is 11.8 Å². The van der Waals surface area contributed by atoms with Gasteiger partial charge in [0.25, 0.3) is 5.91 Å². The van der Waals surface area contributed by atoms with E-state index in [9.17, 15) is 9.59 Å². The summed E-state index contributed by atoms with van der Waals surface area (Å²) >= 11 is 0. The maximum Gasteiger partial charge on any atom is 0.258 e. The summed E-state index contributed by atoms with van der Waals surface area (Å²) in [7, 11) is 1.90. The van der Waals surface area contributed by atoms with E-state index < -0.39 is 0 Å². The number of piperidine rings is 1. The topological polar surface area (TPSA) is 82.5 Å². The Balaban J connectivity index is 1.06. The van der Waals surface area contributed by atoms with E-state index in [1.807, 2.05) is 67.5 Å². The zero-order valence-corrected chi connectivity index (χ0v) is 24.4. The van der Waals surface area contributed by atoms with Gasteiger partial charge in [-0.05, 0) is 86.9 Å². The van der Waals surface area contributed by atoms with Crippen molar-refractivity contribution in [1.29, 1.82) is 0 Å². The van der Waals surface area contributed by atoms with Gasteiger partial charge in [0.2, 0.25) is 5.91 Å². The quantitative estimate of drug-likeness (QED) is 0.412. The summed E-state index contributed by atoms with van der Waals surface area (Å²) in [6.45, 7) is 5.31. The average Bonchev–Trinajstić information content (AvgIpc) is 3.60. The van der Waals surface area contributed by atoms with Crippen LogP contribution >= 0.6 is 0 Å². The summed E-state index contributed by atoms with van der Waals surface area (Å²) in [6, 6.07) is 14.5. The van der Waals surface area contributed by atoms with Gasteiger partial charge in [-0.2, -0.15) is 5.10 Å². The van der Waals surface area contributed by atoms with Crippen molar-refractivity contribution in [1.82, 2.24) is 20.0 Å². The van der Waals surface area contributed by atoms with E-state index in [4.69, 9.17) is 0 Å². The van der Waals surface area contributed by atoms with E-state index in [1.54, 1.807) is 4.68 Å². The highest BCUT2D eigenvalue weighted by atomic mass is 16.2. The largest absolute Gasteiger partial charge is 0.343 e. The number of hydrogen-bond acceptors (Lipinski definition) is 5. The van der Waals surface area contributed by atoms with Crippen LogP contribution in [-0.4, -0.2) is 52.2 Å². The standard InChI is InChI=1S/C33H42N6O2/c1-23-19-26(33(41)39-22-27-21-35-37(2)32(27)36-29-9-5-6-10-30(29)39)12-11-25(23)13-14-31(40)38-17-15-24(16-18-38)20-34-28-7-3-4-8-28/h5-6,9-12,19,21,24,28,34,36H,3-4,7-8,13-18,20,22H2,1-2H3. The Morgan fingerprint density at radius 1 is 1.05 bits per heavy atom. The number of aromatic nitrogens is 2. The van der Waals surface area contributed by atoms with Gasteiger partial charge in [0.05, 0.1) is 24.1 Å². The summed E-state index contributed by atoms with van der Waals surface area (Å²) < 4.78 is 1.80. The van der Waals surface area contributed by atoms with Crippen LogP contribution in [0.4, 0.5) is 17.2 Å². The third-order valence-electron chi connectivity index (χ3n) is 9.25. The molecule has 41 heavy (non-hydrogen) atoms. The van der Waals surface area contributed by atoms with Crippen molar-refractivity contribution in [2.75, 3.05) is 29.9 Å².